The summed E-state index contributed by atoms with van der Waals surface area (Å²) >= 11 is 0. The highest BCUT2D eigenvalue weighted by Gasteiger charge is 2.38. The van der Waals surface area contributed by atoms with Crippen molar-refractivity contribution in [3.8, 4) is 0 Å². The first-order chi connectivity index (χ1) is 11.8. The van der Waals surface area contributed by atoms with Gasteiger partial charge in [0.15, 0.2) is 0 Å². The fraction of sp³-hybridized carbons (Fsp3) is 0.350. The van der Waals surface area contributed by atoms with Gasteiger partial charge in [-0.3, -0.25) is 4.79 Å². The summed E-state index contributed by atoms with van der Waals surface area (Å²) in [7, 11) is -2.33. The quantitative estimate of drug-likeness (QED) is 0.859. The second-order valence-electron chi connectivity index (χ2n) is 7.05. The summed E-state index contributed by atoms with van der Waals surface area (Å²) in [4.78, 5) is 14.7. The third kappa shape index (κ3) is 3.56. The summed E-state index contributed by atoms with van der Waals surface area (Å²) in [6.07, 6.45) is 0.0120. The van der Waals surface area contributed by atoms with E-state index >= 15 is 0 Å². The molecule has 2 atom stereocenters. The highest BCUT2D eigenvalue weighted by Crippen LogP contribution is 2.36. The number of benzene rings is 2. The van der Waals surface area contributed by atoms with Crippen molar-refractivity contribution >= 4 is 18.4 Å². The van der Waals surface area contributed by atoms with Crippen molar-refractivity contribution in [3.05, 3.63) is 65.2 Å². The monoisotopic (exact) mass is 357 g/mol. The van der Waals surface area contributed by atoms with E-state index in [-0.39, 0.29) is 11.9 Å². The molecule has 0 aliphatic carbocycles. The number of rotatable bonds is 3. The van der Waals surface area contributed by atoms with Gasteiger partial charge in [-0.1, -0.05) is 36.4 Å². The summed E-state index contributed by atoms with van der Waals surface area (Å²) in [5, 5.41) is 11.2. The lowest BCUT2D eigenvalue weighted by Gasteiger charge is -2.28. The summed E-state index contributed by atoms with van der Waals surface area (Å²) in [6.45, 7) is 5.96. The number of hydrogen-bond donors (Lipinski definition) is 1. The maximum atomic E-state index is 13.0. The Balaban J connectivity index is 1.91. The van der Waals surface area contributed by atoms with Crippen LogP contribution in [0.15, 0.2) is 48.5 Å². The van der Waals surface area contributed by atoms with Crippen LogP contribution in [0.4, 0.5) is 0 Å². The van der Waals surface area contributed by atoms with Crippen LogP contribution in [0.3, 0.4) is 0 Å². The van der Waals surface area contributed by atoms with Gasteiger partial charge in [-0.15, -0.1) is 0 Å². The van der Waals surface area contributed by atoms with Crippen molar-refractivity contribution in [3.63, 3.8) is 0 Å². The average molecular weight is 357 g/mol. The fourth-order valence-electron chi connectivity index (χ4n) is 3.43. The lowest BCUT2D eigenvalue weighted by Crippen LogP contribution is -2.33. The molecular weight excluding hydrogens is 333 g/mol. The lowest BCUT2D eigenvalue weighted by molar-refractivity contribution is 0.0637. The smallest absolute Gasteiger partial charge is 0.254 e. The SMILES string of the molecule is Cc1ccccc1C1C(O)CCN1C(=O)c1ccc(P(C)(C)=O)cc1. The zero-order valence-corrected chi connectivity index (χ0v) is 15.7. The Morgan fingerprint density at radius 2 is 1.76 bits per heavy atom. The minimum absolute atomic E-state index is 0.0987. The van der Waals surface area contributed by atoms with Gasteiger partial charge in [-0.2, -0.15) is 0 Å². The van der Waals surface area contributed by atoms with Crippen molar-refractivity contribution in [2.45, 2.75) is 25.5 Å². The van der Waals surface area contributed by atoms with Crippen LogP contribution in [-0.4, -0.2) is 41.9 Å². The Morgan fingerprint density at radius 1 is 1.12 bits per heavy atom. The summed E-state index contributed by atoms with van der Waals surface area (Å²) in [5.74, 6) is -0.0987. The number of aliphatic hydroxyl groups excluding tert-OH is 1. The topological polar surface area (TPSA) is 57.6 Å². The normalized spacial score (nSPS) is 20.7. The standard InChI is InChI=1S/C20H24NO3P/c1-14-6-4-5-7-17(14)19-18(22)12-13-21(19)20(23)15-8-10-16(11-9-15)25(2,3)24/h4-11,18-19,22H,12-13H2,1-3H3. The van der Waals surface area contributed by atoms with Gasteiger partial charge >= 0.3 is 0 Å². The van der Waals surface area contributed by atoms with Gasteiger partial charge in [0.2, 0.25) is 0 Å². The number of carbonyl (C=O) groups is 1. The van der Waals surface area contributed by atoms with Crippen molar-refractivity contribution in [1.29, 1.82) is 0 Å². The summed E-state index contributed by atoms with van der Waals surface area (Å²) in [5.41, 5.74) is 2.62. The third-order valence-corrected chi connectivity index (χ3v) is 6.41. The lowest BCUT2D eigenvalue weighted by atomic mass is 9.97. The van der Waals surface area contributed by atoms with Crippen molar-refractivity contribution in [2.24, 2.45) is 0 Å². The Morgan fingerprint density at radius 3 is 2.36 bits per heavy atom. The minimum Gasteiger partial charge on any atom is -0.391 e. The maximum absolute atomic E-state index is 13.0. The number of likely N-dealkylation sites (tertiary alicyclic amines) is 1. The van der Waals surface area contributed by atoms with Gasteiger partial charge in [-0.05, 0) is 49.9 Å². The van der Waals surface area contributed by atoms with Crippen molar-refractivity contribution in [1.82, 2.24) is 4.90 Å². The molecular formula is C20H24NO3P. The second-order valence-corrected chi connectivity index (χ2v) is 10.3. The molecule has 1 aliphatic heterocycles. The van der Waals surface area contributed by atoms with Crippen LogP contribution in [-0.2, 0) is 4.57 Å². The predicted octanol–water partition coefficient (Wildman–Crippen LogP) is 3.19. The second kappa shape index (κ2) is 6.78. The number of hydrogen-bond acceptors (Lipinski definition) is 3. The summed E-state index contributed by atoms with van der Waals surface area (Å²) in [6, 6.07) is 14.5. The van der Waals surface area contributed by atoms with Gasteiger partial charge in [0.1, 0.15) is 7.14 Å². The molecule has 0 saturated carbocycles. The first-order valence-corrected chi connectivity index (χ1v) is 11.1. The van der Waals surface area contributed by atoms with Crippen LogP contribution in [0.2, 0.25) is 0 Å². The van der Waals surface area contributed by atoms with E-state index in [1.54, 1.807) is 42.5 Å². The first kappa shape index (κ1) is 17.9. The van der Waals surface area contributed by atoms with Gasteiger partial charge in [0.25, 0.3) is 5.91 Å². The molecule has 0 spiro atoms. The van der Waals surface area contributed by atoms with E-state index in [0.717, 1.165) is 16.4 Å². The first-order valence-electron chi connectivity index (χ1n) is 8.49. The molecule has 1 amide bonds. The largest absolute Gasteiger partial charge is 0.391 e. The van der Waals surface area contributed by atoms with Crippen molar-refractivity contribution < 1.29 is 14.5 Å². The zero-order valence-electron chi connectivity index (χ0n) is 14.8. The van der Waals surface area contributed by atoms with E-state index in [2.05, 4.69) is 0 Å². The maximum Gasteiger partial charge on any atom is 0.254 e. The molecule has 0 bridgehead atoms. The molecule has 1 saturated heterocycles. The van der Waals surface area contributed by atoms with E-state index in [9.17, 15) is 14.5 Å². The number of nitrogens with zero attached hydrogens (tertiary/aromatic N) is 1. The highest BCUT2D eigenvalue weighted by molar-refractivity contribution is 7.70. The van der Waals surface area contributed by atoms with Crippen LogP contribution in [0.1, 0.15) is 33.9 Å². The molecule has 2 aromatic rings. The van der Waals surface area contributed by atoms with Crippen molar-refractivity contribution in [2.75, 3.05) is 19.9 Å². The molecule has 1 aliphatic rings. The predicted molar refractivity (Wildman–Crippen MR) is 101 cm³/mol. The molecule has 132 valence electrons. The molecule has 0 aromatic heterocycles. The molecule has 1 fully saturated rings. The van der Waals surface area contributed by atoms with Crippen LogP contribution < -0.4 is 5.30 Å². The number of carbonyl (C=O) groups excluding carboxylic acids is 1. The van der Waals surface area contributed by atoms with Crippen LogP contribution in [0.5, 0.6) is 0 Å². The van der Waals surface area contributed by atoms with Crippen LogP contribution in [0, 0.1) is 6.92 Å². The molecule has 0 radical (unpaired) electrons. The number of amides is 1. The van der Waals surface area contributed by atoms with Gasteiger partial charge in [-0.25, -0.2) is 0 Å². The van der Waals surface area contributed by atoms with Gasteiger partial charge < -0.3 is 14.6 Å². The van der Waals surface area contributed by atoms with E-state index in [4.69, 9.17) is 0 Å². The minimum atomic E-state index is -2.33. The number of aryl methyl sites for hydroxylation is 1. The fourth-order valence-corrected chi connectivity index (χ4v) is 4.29. The molecule has 4 nitrogen and oxygen atoms in total. The van der Waals surface area contributed by atoms with E-state index in [1.807, 2.05) is 31.2 Å². The van der Waals surface area contributed by atoms with E-state index in [1.165, 1.54) is 0 Å². The van der Waals surface area contributed by atoms with E-state index in [0.29, 0.717) is 18.5 Å². The molecule has 1 heterocycles. The molecule has 2 aromatic carbocycles. The number of aliphatic hydroxyl groups is 1. The molecule has 2 unspecified atom stereocenters. The molecule has 25 heavy (non-hydrogen) atoms. The Bertz CT molecular complexity index is 825. The van der Waals surface area contributed by atoms with Crippen LogP contribution >= 0.6 is 7.14 Å². The summed E-state index contributed by atoms with van der Waals surface area (Å²) < 4.78 is 12.1. The Kier molecular flexibility index (Phi) is 4.86. The molecule has 1 N–H and O–H groups in total. The Hall–Kier alpha value is -1.90. The van der Waals surface area contributed by atoms with Crippen LogP contribution in [0.25, 0.3) is 0 Å². The average Bonchev–Trinajstić information content (AvgIpc) is 2.95. The third-order valence-electron chi connectivity index (χ3n) is 4.87. The molecule has 5 heteroatoms. The zero-order chi connectivity index (χ0) is 18.2. The molecule has 3 rings (SSSR count). The highest BCUT2D eigenvalue weighted by atomic mass is 31.2. The Labute approximate surface area is 148 Å². The van der Waals surface area contributed by atoms with Gasteiger partial charge in [0.05, 0.1) is 12.1 Å². The van der Waals surface area contributed by atoms with Gasteiger partial charge in [0, 0.05) is 17.4 Å². The van der Waals surface area contributed by atoms with E-state index < -0.39 is 13.2 Å².